The summed E-state index contributed by atoms with van der Waals surface area (Å²) in [4.78, 5) is 0. The number of nitrogens with two attached hydrogens (primary N) is 1. The number of halogens is 2. The van der Waals surface area contributed by atoms with E-state index in [4.69, 9.17) is 5.73 Å². The van der Waals surface area contributed by atoms with Crippen LogP contribution in [0, 0.1) is 13.8 Å². The normalized spacial score (nSPS) is 26.6. The fourth-order valence-electron chi connectivity index (χ4n) is 2.79. The van der Waals surface area contributed by atoms with Crippen LogP contribution >= 0.6 is 0 Å². The van der Waals surface area contributed by atoms with E-state index in [2.05, 4.69) is 5.10 Å². The molecule has 1 atom stereocenters. The van der Waals surface area contributed by atoms with Crippen molar-refractivity contribution in [1.29, 1.82) is 0 Å². The highest BCUT2D eigenvalue weighted by atomic mass is 19.3. The van der Waals surface area contributed by atoms with E-state index in [1.165, 1.54) is 0 Å². The maximum atomic E-state index is 13.6. The molecule has 0 saturated heterocycles. The number of aryl methyl sites for hydroxylation is 1. The van der Waals surface area contributed by atoms with Gasteiger partial charge in [0.05, 0.1) is 11.1 Å². The van der Waals surface area contributed by atoms with Gasteiger partial charge in [-0.1, -0.05) is 0 Å². The Hall–Kier alpha value is -0.970. The predicted molar refractivity (Wildman–Crippen MR) is 62.4 cm³/mol. The number of nitrogens with zero attached hydrogens (tertiary/aromatic N) is 2. The molecule has 0 aliphatic heterocycles. The van der Waals surface area contributed by atoms with Gasteiger partial charge in [-0.2, -0.15) is 5.10 Å². The van der Waals surface area contributed by atoms with Gasteiger partial charge in [-0.25, -0.2) is 8.78 Å². The average molecular weight is 243 g/mol. The van der Waals surface area contributed by atoms with E-state index in [1.807, 2.05) is 20.8 Å². The van der Waals surface area contributed by atoms with E-state index >= 15 is 0 Å². The molecule has 3 nitrogen and oxygen atoms in total. The molecular formula is C12H19F2N3. The SMILES string of the molecule is Cc1nn(C(C)C)c(C)c1C1(CN)CC1(F)F. The number of hydrogen-bond donors (Lipinski definition) is 1. The third-order valence-electron chi connectivity index (χ3n) is 3.74. The van der Waals surface area contributed by atoms with Gasteiger partial charge in [-0.3, -0.25) is 4.68 Å². The molecule has 0 radical (unpaired) electrons. The van der Waals surface area contributed by atoms with Crippen LogP contribution in [0.2, 0.25) is 0 Å². The minimum absolute atomic E-state index is 0.0224. The first-order chi connectivity index (χ1) is 7.77. The maximum Gasteiger partial charge on any atom is 0.260 e. The summed E-state index contributed by atoms with van der Waals surface area (Å²) < 4.78 is 29.0. The molecule has 1 aliphatic carbocycles. The van der Waals surface area contributed by atoms with Crippen LogP contribution in [-0.4, -0.2) is 22.2 Å². The highest BCUT2D eigenvalue weighted by Gasteiger charge is 2.72. The highest BCUT2D eigenvalue weighted by Crippen LogP contribution is 2.62. The van der Waals surface area contributed by atoms with Crippen molar-refractivity contribution in [2.75, 3.05) is 6.54 Å². The summed E-state index contributed by atoms with van der Waals surface area (Å²) in [6, 6.07) is 0.171. The highest BCUT2D eigenvalue weighted by molar-refractivity contribution is 5.44. The quantitative estimate of drug-likeness (QED) is 0.885. The largest absolute Gasteiger partial charge is 0.329 e. The van der Waals surface area contributed by atoms with E-state index in [-0.39, 0.29) is 19.0 Å². The lowest BCUT2D eigenvalue weighted by Crippen LogP contribution is -2.28. The molecule has 1 aromatic heterocycles. The fourth-order valence-corrected chi connectivity index (χ4v) is 2.79. The molecule has 0 spiro atoms. The molecule has 0 amide bonds. The van der Waals surface area contributed by atoms with Crippen molar-refractivity contribution in [1.82, 2.24) is 9.78 Å². The van der Waals surface area contributed by atoms with Gasteiger partial charge in [-0.15, -0.1) is 0 Å². The van der Waals surface area contributed by atoms with Gasteiger partial charge in [0.1, 0.15) is 0 Å². The van der Waals surface area contributed by atoms with E-state index in [0.717, 1.165) is 5.69 Å². The molecule has 1 aromatic rings. The summed E-state index contributed by atoms with van der Waals surface area (Å²) in [5.74, 6) is -2.68. The second-order valence-corrected chi connectivity index (χ2v) is 5.25. The van der Waals surface area contributed by atoms with E-state index < -0.39 is 11.3 Å². The summed E-state index contributed by atoms with van der Waals surface area (Å²) in [6.45, 7) is 7.59. The molecule has 1 heterocycles. The molecule has 0 aromatic carbocycles. The van der Waals surface area contributed by atoms with Crippen LogP contribution in [0.25, 0.3) is 0 Å². The lowest BCUT2D eigenvalue weighted by molar-refractivity contribution is 0.0892. The second kappa shape index (κ2) is 3.51. The number of alkyl halides is 2. The van der Waals surface area contributed by atoms with E-state index in [9.17, 15) is 8.78 Å². The van der Waals surface area contributed by atoms with Crippen LogP contribution in [-0.2, 0) is 5.41 Å². The Kier molecular flexibility index (Phi) is 2.58. The van der Waals surface area contributed by atoms with Crippen molar-refractivity contribution in [3.63, 3.8) is 0 Å². The molecule has 1 fully saturated rings. The van der Waals surface area contributed by atoms with Gasteiger partial charge < -0.3 is 5.73 Å². The summed E-state index contributed by atoms with van der Waals surface area (Å²) >= 11 is 0. The summed E-state index contributed by atoms with van der Waals surface area (Å²) in [6.07, 6.45) is -0.151. The molecule has 0 bridgehead atoms. The van der Waals surface area contributed by atoms with Crippen molar-refractivity contribution in [2.24, 2.45) is 5.73 Å². The third-order valence-corrected chi connectivity index (χ3v) is 3.74. The zero-order chi connectivity index (χ0) is 13.0. The first-order valence-corrected chi connectivity index (χ1v) is 5.91. The van der Waals surface area contributed by atoms with Crippen LogP contribution in [0.15, 0.2) is 0 Å². The lowest BCUT2D eigenvalue weighted by atomic mass is 9.93. The average Bonchev–Trinajstić information content (AvgIpc) is 2.63. The van der Waals surface area contributed by atoms with Crippen molar-refractivity contribution in [3.8, 4) is 0 Å². The Morgan fingerprint density at radius 2 is 1.94 bits per heavy atom. The van der Waals surface area contributed by atoms with Crippen LogP contribution in [0.1, 0.15) is 43.3 Å². The summed E-state index contributed by atoms with van der Waals surface area (Å²) in [5, 5.41) is 4.36. The van der Waals surface area contributed by atoms with Crippen LogP contribution in [0.4, 0.5) is 8.78 Å². The van der Waals surface area contributed by atoms with E-state index in [0.29, 0.717) is 11.3 Å². The van der Waals surface area contributed by atoms with Gasteiger partial charge in [-0.05, 0) is 27.7 Å². The Morgan fingerprint density at radius 1 is 1.41 bits per heavy atom. The van der Waals surface area contributed by atoms with Crippen molar-refractivity contribution in [2.45, 2.75) is 51.5 Å². The Bertz CT molecular complexity index is 451. The molecule has 1 aliphatic rings. The molecular weight excluding hydrogens is 224 g/mol. The van der Waals surface area contributed by atoms with Crippen molar-refractivity contribution in [3.05, 3.63) is 17.0 Å². The van der Waals surface area contributed by atoms with Crippen LogP contribution in [0.3, 0.4) is 0 Å². The standard InChI is InChI=1S/C12H19F2N3/c1-7(2)17-9(4)10(8(3)16-17)11(6-15)5-12(11,13)14/h7H,5-6,15H2,1-4H3. The molecule has 96 valence electrons. The van der Waals surface area contributed by atoms with Gasteiger partial charge >= 0.3 is 0 Å². The molecule has 2 rings (SSSR count). The molecule has 2 N–H and O–H groups in total. The first-order valence-electron chi connectivity index (χ1n) is 5.91. The fraction of sp³-hybridized carbons (Fsp3) is 0.750. The van der Waals surface area contributed by atoms with Gasteiger partial charge in [0.2, 0.25) is 0 Å². The summed E-state index contributed by atoms with van der Waals surface area (Å²) in [7, 11) is 0. The molecule has 1 saturated carbocycles. The van der Waals surface area contributed by atoms with Crippen molar-refractivity contribution >= 4 is 0 Å². The van der Waals surface area contributed by atoms with Gasteiger partial charge in [0, 0.05) is 30.3 Å². The Morgan fingerprint density at radius 3 is 2.24 bits per heavy atom. The number of hydrogen-bond acceptors (Lipinski definition) is 2. The smallest absolute Gasteiger partial charge is 0.260 e. The maximum absolute atomic E-state index is 13.6. The van der Waals surface area contributed by atoms with Crippen LogP contribution in [0.5, 0.6) is 0 Å². The molecule has 17 heavy (non-hydrogen) atoms. The minimum Gasteiger partial charge on any atom is -0.329 e. The third kappa shape index (κ3) is 1.52. The summed E-state index contributed by atoms with van der Waals surface area (Å²) in [5.41, 5.74) is 6.56. The topological polar surface area (TPSA) is 43.8 Å². The van der Waals surface area contributed by atoms with E-state index in [1.54, 1.807) is 11.6 Å². The number of aromatic nitrogens is 2. The monoisotopic (exact) mass is 243 g/mol. The second-order valence-electron chi connectivity index (χ2n) is 5.25. The molecule has 5 heteroatoms. The Balaban J connectivity index is 2.54. The lowest BCUT2D eigenvalue weighted by Gasteiger charge is -2.16. The zero-order valence-corrected chi connectivity index (χ0v) is 10.7. The minimum atomic E-state index is -2.68. The van der Waals surface area contributed by atoms with Crippen molar-refractivity contribution < 1.29 is 8.78 Å². The van der Waals surface area contributed by atoms with Gasteiger partial charge in [0.25, 0.3) is 5.92 Å². The molecule has 1 unspecified atom stereocenters. The van der Waals surface area contributed by atoms with Crippen LogP contribution < -0.4 is 5.73 Å². The zero-order valence-electron chi connectivity index (χ0n) is 10.7. The van der Waals surface area contributed by atoms with Gasteiger partial charge in [0.15, 0.2) is 0 Å². The number of rotatable bonds is 3. The predicted octanol–water partition coefficient (Wildman–Crippen LogP) is 2.32. The Labute approximate surface area is 100.0 Å². The first kappa shape index (κ1) is 12.5.